The van der Waals surface area contributed by atoms with Gasteiger partial charge in [0.15, 0.2) is 0 Å². The first kappa shape index (κ1) is 21.5. The second kappa shape index (κ2) is 8.53. The van der Waals surface area contributed by atoms with Gasteiger partial charge < -0.3 is 5.32 Å². The molecular weight excluding hydrogens is 435 g/mol. The summed E-state index contributed by atoms with van der Waals surface area (Å²) in [7, 11) is -0.900. The van der Waals surface area contributed by atoms with Crippen LogP contribution < -0.4 is 16.6 Å². The first-order valence-corrected chi connectivity index (χ1v) is 12.9. The predicted molar refractivity (Wildman–Crippen MR) is 119 cm³/mol. The van der Waals surface area contributed by atoms with E-state index in [0.717, 1.165) is 25.1 Å². The lowest BCUT2D eigenvalue weighted by Gasteiger charge is -2.31. The van der Waals surface area contributed by atoms with Crippen molar-refractivity contribution in [1.82, 2.24) is 19.4 Å². The zero-order valence-corrected chi connectivity index (χ0v) is 18.6. The molecule has 1 aliphatic heterocycles. The third kappa shape index (κ3) is 4.04. The lowest BCUT2D eigenvalue weighted by Crippen LogP contribution is -2.47. The van der Waals surface area contributed by atoms with E-state index >= 15 is 0 Å². The molecule has 172 valence electrons. The second-order valence-electron chi connectivity index (χ2n) is 9.22. The average Bonchev–Trinajstić information content (AvgIpc) is 3.62. The van der Waals surface area contributed by atoms with E-state index in [0.29, 0.717) is 50.0 Å². The highest BCUT2D eigenvalue weighted by Crippen LogP contribution is 2.32. The maximum Gasteiger partial charge on any atom is 0.333 e. The van der Waals surface area contributed by atoms with E-state index in [1.54, 1.807) is 0 Å². The zero-order chi connectivity index (χ0) is 22.4. The van der Waals surface area contributed by atoms with Crippen molar-refractivity contribution < 1.29 is 13.4 Å². The van der Waals surface area contributed by atoms with Crippen molar-refractivity contribution in [3.05, 3.63) is 38.9 Å². The molecule has 2 saturated carbocycles. The van der Waals surface area contributed by atoms with Crippen LogP contribution in [0.25, 0.3) is 11.0 Å². The highest BCUT2D eigenvalue weighted by molar-refractivity contribution is 7.85. The molecule has 2 aliphatic carbocycles. The zero-order valence-electron chi connectivity index (χ0n) is 17.8. The molecule has 2 aromatic rings. The summed E-state index contributed by atoms with van der Waals surface area (Å²) < 4.78 is 28.6. The van der Waals surface area contributed by atoms with Crippen molar-refractivity contribution in [3.8, 4) is 0 Å². The van der Waals surface area contributed by atoms with E-state index in [4.69, 9.17) is 0 Å². The molecule has 0 radical (unpaired) electrons. The fourth-order valence-corrected chi connectivity index (χ4v) is 6.31. The molecule has 1 amide bonds. The van der Waals surface area contributed by atoms with Crippen molar-refractivity contribution in [2.24, 2.45) is 5.92 Å². The minimum Gasteiger partial charge on any atom is -0.353 e. The number of hydrogen-bond donors (Lipinski definition) is 1. The van der Waals surface area contributed by atoms with Crippen LogP contribution in [-0.2, 0) is 15.6 Å². The molecule has 0 spiro atoms. The second-order valence-corrected chi connectivity index (χ2v) is 10.9. The summed E-state index contributed by atoms with van der Waals surface area (Å²) in [5.74, 6) is 0.614. The summed E-state index contributed by atoms with van der Waals surface area (Å²) in [6, 6.07) is 0.687. The van der Waals surface area contributed by atoms with Gasteiger partial charge in [-0.1, -0.05) is 0 Å². The minimum atomic E-state index is -0.900. The maximum absolute atomic E-state index is 14.0. The van der Waals surface area contributed by atoms with Gasteiger partial charge in [-0.25, -0.2) is 14.2 Å². The van der Waals surface area contributed by atoms with Gasteiger partial charge >= 0.3 is 5.69 Å². The van der Waals surface area contributed by atoms with Gasteiger partial charge in [-0.3, -0.25) is 22.9 Å². The Labute approximate surface area is 186 Å². The molecule has 8 nitrogen and oxygen atoms in total. The largest absolute Gasteiger partial charge is 0.353 e. The Hall–Kier alpha value is -2.36. The fraction of sp³-hybridized carbons (Fsp3) is 0.636. The van der Waals surface area contributed by atoms with Crippen molar-refractivity contribution in [2.45, 2.75) is 69.5 Å². The average molecular weight is 463 g/mol. The van der Waals surface area contributed by atoms with Crippen LogP contribution in [0, 0.1) is 11.7 Å². The third-order valence-electron chi connectivity index (χ3n) is 7.00. The smallest absolute Gasteiger partial charge is 0.333 e. The van der Waals surface area contributed by atoms with Crippen molar-refractivity contribution in [1.29, 1.82) is 0 Å². The first-order valence-electron chi connectivity index (χ1n) is 11.4. The Morgan fingerprint density at radius 1 is 1.00 bits per heavy atom. The molecule has 3 heterocycles. The lowest BCUT2D eigenvalue weighted by molar-refractivity contribution is -0.123. The predicted octanol–water partition coefficient (Wildman–Crippen LogP) is 1.79. The molecule has 0 atom stereocenters. The van der Waals surface area contributed by atoms with Crippen LogP contribution in [0.5, 0.6) is 0 Å². The van der Waals surface area contributed by atoms with Crippen molar-refractivity contribution in [2.75, 3.05) is 11.5 Å². The summed E-state index contributed by atoms with van der Waals surface area (Å²) in [5.41, 5.74) is -0.747. The number of halogens is 1. The van der Waals surface area contributed by atoms with Gasteiger partial charge in [0, 0.05) is 46.3 Å². The molecule has 10 heteroatoms. The van der Waals surface area contributed by atoms with E-state index in [1.165, 1.54) is 9.13 Å². The SMILES string of the molecule is O=C(NC1CCC(n2c(=O)c3cc(F)cnc3n(C3CCS(=O)CC3)c2=O)CC1)C1CC1. The number of fused-ring (bicyclic) bond motifs is 1. The van der Waals surface area contributed by atoms with Crippen LogP contribution in [-0.4, -0.2) is 41.8 Å². The summed E-state index contributed by atoms with van der Waals surface area (Å²) in [5, 5.41) is 3.19. The van der Waals surface area contributed by atoms with Gasteiger partial charge in [0.25, 0.3) is 5.56 Å². The summed E-state index contributed by atoms with van der Waals surface area (Å²) in [6.45, 7) is 0. The number of nitrogens with one attached hydrogen (secondary N) is 1. The Kier molecular flexibility index (Phi) is 5.73. The van der Waals surface area contributed by atoms with Gasteiger partial charge in [-0.2, -0.15) is 0 Å². The molecule has 0 unspecified atom stereocenters. The van der Waals surface area contributed by atoms with Gasteiger partial charge in [0.2, 0.25) is 5.91 Å². The topological polar surface area (TPSA) is 103 Å². The maximum atomic E-state index is 14.0. The summed E-state index contributed by atoms with van der Waals surface area (Å²) in [6.07, 6.45) is 6.60. The highest BCUT2D eigenvalue weighted by Gasteiger charge is 2.33. The number of nitrogens with zero attached hydrogens (tertiary/aromatic N) is 3. The van der Waals surface area contributed by atoms with Crippen LogP contribution in [0.1, 0.15) is 63.5 Å². The molecule has 3 aliphatic rings. The molecule has 0 bridgehead atoms. The number of aromatic nitrogens is 3. The monoisotopic (exact) mass is 462 g/mol. The van der Waals surface area contributed by atoms with Gasteiger partial charge in [0.05, 0.1) is 11.6 Å². The number of amides is 1. The van der Waals surface area contributed by atoms with E-state index in [2.05, 4.69) is 10.3 Å². The van der Waals surface area contributed by atoms with E-state index in [1.807, 2.05) is 0 Å². The van der Waals surface area contributed by atoms with Crippen LogP contribution in [0.2, 0.25) is 0 Å². The van der Waals surface area contributed by atoms with E-state index in [-0.39, 0.29) is 41.0 Å². The number of rotatable bonds is 4. The van der Waals surface area contributed by atoms with E-state index < -0.39 is 27.9 Å². The standard InChI is InChI=1S/C22H27FN4O4S/c23-14-11-18-19(24-12-14)26(17-7-9-32(31)10-8-17)22(30)27(21(18)29)16-5-3-15(4-6-16)25-20(28)13-1-2-13/h11-13,15-17H,1-10H2,(H,25,28). The molecule has 1 saturated heterocycles. The molecule has 5 rings (SSSR count). The van der Waals surface area contributed by atoms with Gasteiger partial charge in [0.1, 0.15) is 11.5 Å². The Bertz CT molecular complexity index is 1190. The number of carbonyl (C=O) groups excluding carboxylic acids is 1. The first-order chi connectivity index (χ1) is 15.4. The summed E-state index contributed by atoms with van der Waals surface area (Å²) >= 11 is 0. The Morgan fingerprint density at radius 3 is 2.31 bits per heavy atom. The number of carbonyl (C=O) groups is 1. The number of hydrogen-bond acceptors (Lipinski definition) is 5. The van der Waals surface area contributed by atoms with Crippen molar-refractivity contribution in [3.63, 3.8) is 0 Å². The van der Waals surface area contributed by atoms with E-state index in [9.17, 15) is 23.0 Å². The normalized spacial score (nSPS) is 28.5. The summed E-state index contributed by atoms with van der Waals surface area (Å²) in [4.78, 5) is 43.0. The van der Waals surface area contributed by atoms with Crippen LogP contribution in [0.4, 0.5) is 4.39 Å². The minimum absolute atomic E-state index is 0.0603. The van der Waals surface area contributed by atoms with Crippen LogP contribution in [0.15, 0.2) is 21.9 Å². The molecule has 3 fully saturated rings. The van der Waals surface area contributed by atoms with Crippen LogP contribution in [0.3, 0.4) is 0 Å². The Balaban J connectivity index is 1.49. The van der Waals surface area contributed by atoms with Gasteiger partial charge in [-0.15, -0.1) is 0 Å². The van der Waals surface area contributed by atoms with Crippen molar-refractivity contribution >= 4 is 27.7 Å². The molecule has 0 aromatic carbocycles. The third-order valence-corrected chi connectivity index (χ3v) is 8.38. The highest BCUT2D eigenvalue weighted by atomic mass is 32.2. The number of pyridine rings is 1. The molecule has 32 heavy (non-hydrogen) atoms. The molecule has 1 N–H and O–H groups in total. The molecule has 2 aromatic heterocycles. The van der Waals surface area contributed by atoms with Crippen LogP contribution >= 0.6 is 0 Å². The quantitative estimate of drug-likeness (QED) is 0.746. The molecular formula is C22H27FN4O4S. The fourth-order valence-electron chi connectivity index (χ4n) is 5.04. The van der Waals surface area contributed by atoms with Gasteiger partial charge in [-0.05, 0) is 57.4 Å². The lowest BCUT2D eigenvalue weighted by atomic mass is 9.90. The Morgan fingerprint density at radius 2 is 1.66 bits per heavy atom.